The number of pyridine rings is 2. The molecule has 3 heterocycles. The molecule has 114 valence electrons. The summed E-state index contributed by atoms with van der Waals surface area (Å²) in [6, 6.07) is 5.57. The Morgan fingerprint density at radius 1 is 1.04 bits per heavy atom. The Balaban J connectivity index is 1.75. The molecule has 0 aromatic carbocycles. The van der Waals surface area contributed by atoms with Crippen LogP contribution in [-0.4, -0.2) is 25.7 Å². The fraction of sp³-hybridized carbons (Fsp3) is 0.0625. The molecule has 23 heavy (non-hydrogen) atoms. The van der Waals surface area contributed by atoms with Crippen LogP contribution in [0.1, 0.15) is 16.2 Å². The second-order valence-electron chi connectivity index (χ2n) is 4.62. The van der Waals surface area contributed by atoms with Gasteiger partial charge in [0.1, 0.15) is 23.6 Å². The van der Waals surface area contributed by atoms with E-state index in [1.807, 2.05) is 0 Å². The maximum Gasteiger partial charge on any atom is 0.187 e. The Hall–Kier alpha value is -3.22. The number of carbonyl (C=O) groups is 1. The van der Waals surface area contributed by atoms with Crippen molar-refractivity contribution in [3.8, 4) is 11.5 Å². The second-order valence-corrected chi connectivity index (χ2v) is 4.62. The number of nitrogens with zero attached hydrogens (tertiary/aromatic N) is 4. The highest BCUT2D eigenvalue weighted by molar-refractivity contribution is 5.95. The second kappa shape index (κ2) is 6.69. The molecule has 0 spiro atoms. The van der Waals surface area contributed by atoms with Gasteiger partial charge in [0, 0.05) is 18.5 Å². The zero-order valence-corrected chi connectivity index (χ0v) is 11.9. The first-order chi connectivity index (χ1) is 11.2. The van der Waals surface area contributed by atoms with Crippen molar-refractivity contribution in [1.82, 2.24) is 19.9 Å². The lowest BCUT2D eigenvalue weighted by Gasteiger charge is -2.06. The van der Waals surface area contributed by atoms with Crippen LogP contribution in [0.5, 0.6) is 11.5 Å². The third-order valence-electron chi connectivity index (χ3n) is 2.91. The number of Topliss-reactive ketones (excluding diaryl/α,β-unsaturated/α-hetero) is 1. The van der Waals surface area contributed by atoms with E-state index in [2.05, 4.69) is 19.9 Å². The molecule has 0 radical (unpaired) electrons. The molecule has 3 aromatic heterocycles. The monoisotopic (exact) mass is 310 g/mol. The number of rotatable bonds is 5. The summed E-state index contributed by atoms with van der Waals surface area (Å²) < 4.78 is 18.7. The van der Waals surface area contributed by atoms with E-state index in [4.69, 9.17) is 4.74 Å². The van der Waals surface area contributed by atoms with E-state index in [1.54, 1.807) is 6.07 Å². The van der Waals surface area contributed by atoms with Crippen molar-refractivity contribution >= 4 is 5.78 Å². The van der Waals surface area contributed by atoms with Gasteiger partial charge in [-0.05, 0) is 18.2 Å². The van der Waals surface area contributed by atoms with Gasteiger partial charge in [0.15, 0.2) is 11.5 Å². The van der Waals surface area contributed by atoms with Crippen molar-refractivity contribution in [2.75, 3.05) is 0 Å². The lowest BCUT2D eigenvalue weighted by atomic mass is 10.1. The Labute approximate surface area is 131 Å². The number of halogens is 1. The molecule has 7 heteroatoms. The van der Waals surface area contributed by atoms with Gasteiger partial charge in [-0.15, -0.1) is 0 Å². The fourth-order valence-corrected chi connectivity index (χ4v) is 1.90. The van der Waals surface area contributed by atoms with Gasteiger partial charge in [0.2, 0.25) is 0 Å². The summed E-state index contributed by atoms with van der Waals surface area (Å²) in [7, 11) is 0. The lowest BCUT2D eigenvalue weighted by molar-refractivity contribution is 0.0987. The molecule has 0 unspecified atom stereocenters. The summed E-state index contributed by atoms with van der Waals surface area (Å²) in [5.41, 5.74) is 0.560. The smallest absolute Gasteiger partial charge is 0.187 e. The first-order valence-electron chi connectivity index (χ1n) is 6.73. The average Bonchev–Trinajstić information content (AvgIpc) is 2.56. The first-order valence-corrected chi connectivity index (χ1v) is 6.73. The molecule has 0 aliphatic heterocycles. The van der Waals surface area contributed by atoms with Crippen molar-refractivity contribution in [3.63, 3.8) is 0 Å². The van der Waals surface area contributed by atoms with E-state index in [9.17, 15) is 9.18 Å². The molecule has 0 fully saturated rings. The lowest BCUT2D eigenvalue weighted by Crippen LogP contribution is -2.07. The first kappa shape index (κ1) is 14.7. The van der Waals surface area contributed by atoms with Gasteiger partial charge in [0.05, 0.1) is 24.5 Å². The van der Waals surface area contributed by atoms with Crippen LogP contribution < -0.4 is 4.74 Å². The molecule has 0 aliphatic carbocycles. The normalized spacial score (nSPS) is 10.3. The van der Waals surface area contributed by atoms with Crippen LogP contribution >= 0.6 is 0 Å². The number of hydrogen-bond acceptors (Lipinski definition) is 6. The number of ether oxygens (including phenoxy) is 1. The molecule has 0 saturated heterocycles. The standard InChI is InChI=1S/C16H11FN4O2/c17-11-1-3-20-12(5-11)6-16(22)15-7-13(2-4-21-15)23-14-8-18-10-19-9-14/h1-5,7-10H,6H2. The van der Waals surface area contributed by atoms with Gasteiger partial charge in [-0.25, -0.2) is 14.4 Å². The SMILES string of the molecule is O=C(Cc1cc(F)ccn1)c1cc(Oc2cncnc2)ccn1. The van der Waals surface area contributed by atoms with Crippen molar-refractivity contribution in [2.45, 2.75) is 6.42 Å². The molecular weight excluding hydrogens is 299 g/mol. The average molecular weight is 310 g/mol. The molecule has 3 aromatic rings. The third-order valence-corrected chi connectivity index (χ3v) is 2.91. The summed E-state index contributed by atoms with van der Waals surface area (Å²) in [5.74, 6) is 0.170. The largest absolute Gasteiger partial charge is 0.454 e. The van der Waals surface area contributed by atoms with Crippen LogP contribution in [0.25, 0.3) is 0 Å². The molecule has 0 atom stereocenters. The summed E-state index contributed by atoms with van der Waals surface area (Å²) in [6.45, 7) is 0. The summed E-state index contributed by atoms with van der Waals surface area (Å²) in [4.78, 5) is 27.9. The van der Waals surface area contributed by atoms with Gasteiger partial charge >= 0.3 is 0 Å². The van der Waals surface area contributed by atoms with Crippen molar-refractivity contribution in [1.29, 1.82) is 0 Å². The maximum atomic E-state index is 13.1. The van der Waals surface area contributed by atoms with E-state index in [-0.39, 0.29) is 17.9 Å². The maximum absolute atomic E-state index is 13.1. The minimum absolute atomic E-state index is 0.0390. The van der Waals surface area contributed by atoms with Crippen LogP contribution in [-0.2, 0) is 6.42 Å². The van der Waals surface area contributed by atoms with Crippen molar-refractivity contribution < 1.29 is 13.9 Å². The van der Waals surface area contributed by atoms with Crippen LogP contribution in [0.15, 0.2) is 55.4 Å². The van der Waals surface area contributed by atoms with Crippen molar-refractivity contribution in [3.05, 3.63) is 72.6 Å². The van der Waals surface area contributed by atoms with E-state index >= 15 is 0 Å². The quantitative estimate of drug-likeness (QED) is 0.674. The molecule has 0 aliphatic rings. The van der Waals surface area contributed by atoms with Crippen LogP contribution in [0.2, 0.25) is 0 Å². The predicted molar refractivity (Wildman–Crippen MR) is 78.6 cm³/mol. The van der Waals surface area contributed by atoms with Crippen LogP contribution in [0, 0.1) is 5.82 Å². The number of hydrogen-bond donors (Lipinski definition) is 0. The van der Waals surface area contributed by atoms with E-state index in [0.717, 1.165) is 0 Å². The Bertz CT molecular complexity index is 827. The summed E-state index contributed by atoms with van der Waals surface area (Å²) in [6.07, 6.45) is 7.14. The van der Waals surface area contributed by atoms with Crippen LogP contribution in [0.4, 0.5) is 4.39 Å². The molecule has 0 bridgehead atoms. The van der Waals surface area contributed by atoms with Gasteiger partial charge in [-0.3, -0.25) is 14.8 Å². The summed E-state index contributed by atoms with van der Waals surface area (Å²) >= 11 is 0. The van der Waals surface area contributed by atoms with Crippen LogP contribution in [0.3, 0.4) is 0 Å². The highest BCUT2D eigenvalue weighted by Gasteiger charge is 2.11. The number of ketones is 1. The fourth-order valence-electron chi connectivity index (χ4n) is 1.90. The van der Waals surface area contributed by atoms with Gasteiger partial charge in [0.25, 0.3) is 0 Å². The zero-order chi connectivity index (χ0) is 16.1. The predicted octanol–water partition coefficient (Wildman–Crippen LogP) is 2.62. The Morgan fingerprint density at radius 3 is 2.61 bits per heavy atom. The molecule has 3 rings (SSSR count). The molecule has 0 saturated carbocycles. The van der Waals surface area contributed by atoms with Gasteiger partial charge in [-0.2, -0.15) is 0 Å². The molecule has 6 nitrogen and oxygen atoms in total. The molecule has 0 amide bonds. The van der Waals surface area contributed by atoms with E-state index in [0.29, 0.717) is 17.2 Å². The van der Waals surface area contributed by atoms with Gasteiger partial charge < -0.3 is 4.74 Å². The highest BCUT2D eigenvalue weighted by atomic mass is 19.1. The Morgan fingerprint density at radius 2 is 1.83 bits per heavy atom. The third kappa shape index (κ3) is 3.91. The number of aromatic nitrogens is 4. The number of carbonyl (C=O) groups excluding carboxylic acids is 1. The highest BCUT2D eigenvalue weighted by Crippen LogP contribution is 2.20. The van der Waals surface area contributed by atoms with E-state index < -0.39 is 5.82 Å². The van der Waals surface area contributed by atoms with Crippen molar-refractivity contribution in [2.24, 2.45) is 0 Å². The minimum Gasteiger partial charge on any atom is -0.454 e. The topological polar surface area (TPSA) is 77.9 Å². The summed E-state index contributed by atoms with van der Waals surface area (Å²) in [5, 5.41) is 0. The zero-order valence-electron chi connectivity index (χ0n) is 11.9. The molecular formula is C16H11FN4O2. The molecule has 0 N–H and O–H groups in total. The Kier molecular flexibility index (Phi) is 4.28. The van der Waals surface area contributed by atoms with Gasteiger partial charge in [-0.1, -0.05) is 0 Å². The minimum atomic E-state index is -0.433. The van der Waals surface area contributed by atoms with E-state index in [1.165, 1.54) is 49.3 Å².